The van der Waals surface area contributed by atoms with Crippen molar-refractivity contribution in [1.82, 2.24) is 9.88 Å². The Morgan fingerprint density at radius 1 is 1.24 bits per heavy atom. The summed E-state index contributed by atoms with van der Waals surface area (Å²) in [7, 11) is 0. The van der Waals surface area contributed by atoms with Crippen molar-refractivity contribution in [3.8, 4) is 0 Å². The molecule has 0 bridgehead atoms. The summed E-state index contributed by atoms with van der Waals surface area (Å²) in [5.41, 5.74) is 5.27. The molecule has 1 aromatic heterocycles. The molecule has 1 aliphatic heterocycles. The topological polar surface area (TPSA) is 146 Å². The second-order valence-electron chi connectivity index (χ2n) is 10.8. The molecule has 0 aromatic carbocycles. The number of aliphatic hydroxyl groups is 2. The molecule has 2 fully saturated rings. The molecule has 5 atom stereocenters. The van der Waals surface area contributed by atoms with Crippen LogP contribution in [0.5, 0.6) is 0 Å². The Bertz CT molecular complexity index is 975. The quantitative estimate of drug-likeness (QED) is 0.491. The molecule has 188 valence electrons. The van der Waals surface area contributed by atoms with Crippen LogP contribution in [0.3, 0.4) is 0 Å². The van der Waals surface area contributed by atoms with Crippen molar-refractivity contribution in [2.45, 2.75) is 71.3 Å². The van der Waals surface area contributed by atoms with Crippen LogP contribution < -0.4 is 11.1 Å². The summed E-state index contributed by atoms with van der Waals surface area (Å²) in [5, 5.41) is 24.5. The van der Waals surface area contributed by atoms with Gasteiger partial charge in [0.25, 0.3) is 0 Å². The molecule has 5 N–H and O–H groups in total. The van der Waals surface area contributed by atoms with Gasteiger partial charge in [0.1, 0.15) is 0 Å². The molecule has 3 aliphatic rings. The molecule has 2 aliphatic carbocycles. The van der Waals surface area contributed by atoms with Gasteiger partial charge in [-0.3, -0.25) is 14.4 Å². The smallest absolute Gasteiger partial charge is 0.223 e. The number of nitrogens with two attached hydrogens (primary N) is 1. The van der Waals surface area contributed by atoms with Crippen molar-refractivity contribution in [3.63, 3.8) is 0 Å². The van der Waals surface area contributed by atoms with Crippen LogP contribution in [0.1, 0.15) is 69.4 Å². The van der Waals surface area contributed by atoms with Crippen molar-refractivity contribution in [2.75, 3.05) is 25.0 Å². The van der Waals surface area contributed by atoms with E-state index in [1.165, 1.54) is 18.3 Å². The van der Waals surface area contributed by atoms with Gasteiger partial charge in [0.2, 0.25) is 17.7 Å². The number of likely N-dealkylation sites (tertiary alicyclic amines) is 1. The molecule has 34 heavy (non-hydrogen) atoms. The predicted molar refractivity (Wildman–Crippen MR) is 128 cm³/mol. The third kappa shape index (κ3) is 4.24. The number of fused-ring (bicyclic) bond motifs is 2. The Labute approximate surface area is 204 Å². The number of aliphatic hydroxyl groups excluding tert-OH is 2. The number of hydrogen-bond donors (Lipinski definition) is 4. The average molecular weight is 493 g/mol. The van der Waals surface area contributed by atoms with Crippen LogP contribution in [-0.2, 0) is 20.8 Å². The first kappa shape index (κ1) is 25.1. The number of nitrogens with zero attached hydrogens (tertiary/aromatic N) is 2. The molecule has 5 unspecified atom stereocenters. The number of amides is 3. The fourth-order valence-corrected chi connectivity index (χ4v) is 7.68. The number of aromatic nitrogens is 1. The Morgan fingerprint density at radius 2 is 1.91 bits per heavy atom. The van der Waals surface area contributed by atoms with E-state index in [1.807, 2.05) is 11.8 Å². The van der Waals surface area contributed by atoms with Gasteiger partial charge in [-0.1, -0.05) is 13.8 Å². The van der Waals surface area contributed by atoms with Crippen LogP contribution in [0.4, 0.5) is 5.13 Å². The second-order valence-corrected chi connectivity index (χ2v) is 11.9. The SMILES string of the molecule is CC(=O)Nc1nc2c(s1)CC1C(C)(CO)C(O)CCC1(C)C2CC(=O)N1CCC(C(N)=O)CC1. The van der Waals surface area contributed by atoms with E-state index in [1.54, 1.807) is 0 Å². The van der Waals surface area contributed by atoms with E-state index >= 15 is 0 Å². The fourth-order valence-electron chi connectivity index (χ4n) is 6.57. The number of primary amides is 1. The number of anilines is 1. The minimum atomic E-state index is -0.690. The fraction of sp³-hybridized carbons (Fsp3) is 0.750. The zero-order valence-electron chi connectivity index (χ0n) is 20.2. The monoisotopic (exact) mass is 492 g/mol. The van der Waals surface area contributed by atoms with Crippen LogP contribution in [0, 0.1) is 22.7 Å². The molecule has 0 spiro atoms. The van der Waals surface area contributed by atoms with Gasteiger partial charge in [0.05, 0.1) is 18.4 Å². The molecule has 4 rings (SSSR count). The number of carbonyl (C=O) groups excluding carboxylic acids is 3. The molecule has 1 saturated heterocycles. The molecular formula is C24H36N4O5S. The molecule has 0 radical (unpaired) electrons. The zero-order valence-corrected chi connectivity index (χ0v) is 21.0. The average Bonchev–Trinajstić information content (AvgIpc) is 3.19. The van der Waals surface area contributed by atoms with Crippen LogP contribution >= 0.6 is 11.3 Å². The summed E-state index contributed by atoms with van der Waals surface area (Å²) in [6.07, 6.45) is 2.72. The maximum absolute atomic E-state index is 13.5. The van der Waals surface area contributed by atoms with Crippen LogP contribution in [0.2, 0.25) is 0 Å². The summed E-state index contributed by atoms with van der Waals surface area (Å²) >= 11 is 1.42. The van der Waals surface area contributed by atoms with E-state index in [0.29, 0.717) is 43.9 Å². The Morgan fingerprint density at radius 3 is 2.50 bits per heavy atom. The van der Waals surface area contributed by atoms with Gasteiger partial charge in [-0.15, -0.1) is 11.3 Å². The minimum absolute atomic E-state index is 0.0200. The van der Waals surface area contributed by atoms with Crippen LogP contribution in [0.15, 0.2) is 0 Å². The van der Waals surface area contributed by atoms with Crippen molar-refractivity contribution in [3.05, 3.63) is 10.6 Å². The van der Waals surface area contributed by atoms with Crippen molar-refractivity contribution >= 4 is 34.2 Å². The Kier molecular flexibility index (Phi) is 6.78. The number of nitrogens with one attached hydrogen (secondary N) is 1. The highest BCUT2D eigenvalue weighted by molar-refractivity contribution is 7.15. The normalized spacial score (nSPS) is 33.7. The van der Waals surface area contributed by atoms with Crippen molar-refractivity contribution in [2.24, 2.45) is 28.4 Å². The number of carbonyl (C=O) groups is 3. The molecular weight excluding hydrogens is 456 g/mol. The van der Waals surface area contributed by atoms with E-state index in [4.69, 9.17) is 10.7 Å². The first-order chi connectivity index (χ1) is 16.0. The van der Waals surface area contributed by atoms with E-state index in [2.05, 4.69) is 12.2 Å². The zero-order chi connectivity index (χ0) is 24.8. The second kappa shape index (κ2) is 9.20. The highest BCUT2D eigenvalue weighted by Crippen LogP contribution is 2.63. The minimum Gasteiger partial charge on any atom is -0.396 e. The number of piperidine rings is 1. The maximum atomic E-state index is 13.5. The van der Waals surface area contributed by atoms with E-state index in [-0.39, 0.29) is 53.9 Å². The summed E-state index contributed by atoms with van der Waals surface area (Å²) < 4.78 is 0. The molecule has 10 heteroatoms. The van der Waals surface area contributed by atoms with Crippen molar-refractivity contribution in [1.29, 1.82) is 0 Å². The lowest BCUT2D eigenvalue weighted by molar-refractivity contribution is -0.148. The van der Waals surface area contributed by atoms with Gasteiger partial charge in [0.15, 0.2) is 5.13 Å². The standard InChI is InChI=1S/C24H36N4O5S/c1-13(30)26-22-27-20-15(10-19(32)28-8-5-14(6-9-28)21(25)33)23(2)7-4-18(31)24(3,12-29)17(23)11-16(20)34-22/h14-15,17-18,29,31H,4-12H2,1-3H3,(H2,25,33)(H,26,27,30). The number of thiazole rings is 1. The number of hydrogen-bond acceptors (Lipinski definition) is 7. The molecule has 1 aromatic rings. The predicted octanol–water partition coefficient (Wildman–Crippen LogP) is 1.63. The van der Waals surface area contributed by atoms with Crippen molar-refractivity contribution < 1.29 is 24.6 Å². The first-order valence-electron chi connectivity index (χ1n) is 12.1. The largest absolute Gasteiger partial charge is 0.396 e. The Hall–Kier alpha value is -2.04. The lowest BCUT2D eigenvalue weighted by atomic mass is 9.47. The number of rotatable bonds is 5. The van der Waals surface area contributed by atoms with E-state index < -0.39 is 11.5 Å². The van der Waals surface area contributed by atoms with Gasteiger partial charge in [0, 0.05) is 48.6 Å². The molecule has 2 heterocycles. The molecule has 9 nitrogen and oxygen atoms in total. The van der Waals surface area contributed by atoms with Gasteiger partial charge in [-0.25, -0.2) is 4.98 Å². The highest BCUT2D eigenvalue weighted by atomic mass is 32.1. The maximum Gasteiger partial charge on any atom is 0.223 e. The summed E-state index contributed by atoms with van der Waals surface area (Å²) in [4.78, 5) is 44.2. The van der Waals surface area contributed by atoms with Crippen LogP contribution in [-0.4, -0.2) is 63.6 Å². The first-order valence-corrected chi connectivity index (χ1v) is 12.9. The third-order valence-corrected chi connectivity index (χ3v) is 9.81. The van der Waals surface area contributed by atoms with E-state index in [0.717, 1.165) is 17.0 Å². The van der Waals surface area contributed by atoms with Gasteiger partial charge < -0.3 is 26.2 Å². The third-order valence-electron chi connectivity index (χ3n) is 8.81. The summed E-state index contributed by atoms with van der Waals surface area (Å²) in [6, 6.07) is 0. The van der Waals surface area contributed by atoms with Gasteiger partial charge >= 0.3 is 0 Å². The lowest BCUT2D eigenvalue weighted by Gasteiger charge is -2.58. The summed E-state index contributed by atoms with van der Waals surface area (Å²) in [5.74, 6) is -0.903. The summed E-state index contributed by atoms with van der Waals surface area (Å²) in [6.45, 7) is 6.42. The van der Waals surface area contributed by atoms with Crippen LogP contribution in [0.25, 0.3) is 0 Å². The molecule has 1 saturated carbocycles. The molecule has 3 amide bonds. The van der Waals surface area contributed by atoms with Gasteiger partial charge in [-0.2, -0.15) is 0 Å². The van der Waals surface area contributed by atoms with E-state index in [9.17, 15) is 24.6 Å². The lowest BCUT2D eigenvalue weighted by Crippen LogP contribution is -2.58. The van der Waals surface area contributed by atoms with Gasteiger partial charge in [-0.05, 0) is 43.4 Å². The Balaban J connectivity index is 1.66. The highest BCUT2D eigenvalue weighted by Gasteiger charge is 2.59.